The minimum absolute atomic E-state index is 0.0230. The van der Waals surface area contributed by atoms with E-state index in [9.17, 15) is 8.42 Å². The number of rotatable bonds is 7. The molecule has 7 nitrogen and oxygen atoms in total. The predicted molar refractivity (Wildman–Crippen MR) is 89.0 cm³/mol. The Kier molecular flexibility index (Phi) is 6.71. The number of hydrogen-bond donors (Lipinski definition) is 1. The summed E-state index contributed by atoms with van der Waals surface area (Å²) in [6.07, 6.45) is 0.378. The molecular weight excluding hydrogens is 330 g/mol. The Morgan fingerprint density at radius 3 is 2.88 bits per heavy atom. The number of hydrogen-bond acceptors (Lipinski definition) is 6. The van der Waals surface area contributed by atoms with Crippen molar-refractivity contribution < 1.29 is 17.9 Å². The van der Waals surface area contributed by atoms with Crippen molar-refractivity contribution in [2.24, 2.45) is 0 Å². The van der Waals surface area contributed by atoms with E-state index in [-0.39, 0.29) is 23.2 Å². The summed E-state index contributed by atoms with van der Waals surface area (Å²) in [5.41, 5.74) is 0.117. The highest BCUT2D eigenvalue weighted by Crippen LogP contribution is 2.18. The first-order chi connectivity index (χ1) is 11.4. The molecule has 8 heteroatoms. The SMILES string of the molecule is CN(C)CCO[C@H]1CCOC[C@H]1NS(=O)(=O)c1ccccc1C#N. The fraction of sp³-hybridized carbons (Fsp3) is 0.562. The average Bonchev–Trinajstić information content (AvgIpc) is 2.56. The summed E-state index contributed by atoms with van der Waals surface area (Å²) in [6, 6.07) is 7.57. The maximum absolute atomic E-state index is 12.6. The van der Waals surface area contributed by atoms with E-state index in [1.54, 1.807) is 12.1 Å². The molecule has 0 aliphatic carbocycles. The Hall–Kier alpha value is -1.50. The molecule has 1 saturated heterocycles. The molecular formula is C16H23N3O4S. The third kappa shape index (κ3) is 5.00. The summed E-state index contributed by atoms with van der Waals surface area (Å²) in [6.45, 7) is 2.07. The van der Waals surface area contributed by atoms with Gasteiger partial charge in [-0.2, -0.15) is 5.26 Å². The Labute approximate surface area is 143 Å². The highest BCUT2D eigenvalue weighted by Gasteiger charge is 2.31. The molecule has 2 rings (SSSR count). The zero-order valence-corrected chi connectivity index (χ0v) is 14.8. The van der Waals surface area contributed by atoms with Gasteiger partial charge in [-0.15, -0.1) is 0 Å². The summed E-state index contributed by atoms with van der Waals surface area (Å²) < 4.78 is 39.1. The van der Waals surface area contributed by atoms with Gasteiger partial charge in [0.2, 0.25) is 10.0 Å². The van der Waals surface area contributed by atoms with Crippen molar-refractivity contribution in [3.8, 4) is 6.07 Å². The highest BCUT2D eigenvalue weighted by molar-refractivity contribution is 7.89. The van der Waals surface area contributed by atoms with Crippen LogP contribution in [0, 0.1) is 11.3 Å². The van der Waals surface area contributed by atoms with Gasteiger partial charge >= 0.3 is 0 Å². The van der Waals surface area contributed by atoms with E-state index in [2.05, 4.69) is 4.72 Å². The summed E-state index contributed by atoms with van der Waals surface area (Å²) in [5, 5.41) is 9.11. The van der Waals surface area contributed by atoms with Crippen LogP contribution in [0.25, 0.3) is 0 Å². The third-order valence-corrected chi connectivity index (χ3v) is 5.31. The van der Waals surface area contributed by atoms with Gasteiger partial charge in [-0.05, 0) is 32.6 Å². The van der Waals surface area contributed by atoms with Crippen LogP contribution in [-0.2, 0) is 19.5 Å². The topological polar surface area (TPSA) is 91.7 Å². The van der Waals surface area contributed by atoms with Crippen molar-refractivity contribution in [1.82, 2.24) is 9.62 Å². The standard InChI is InChI=1S/C16H23N3O4S/c1-19(2)8-10-23-15-7-9-22-12-14(15)18-24(20,21)16-6-4-3-5-13(16)11-17/h3-6,14-15,18H,7-10,12H2,1-2H3/t14-,15+/m1/s1. The van der Waals surface area contributed by atoms with E-state index >= 15 is 0 Å². The molecule has 0 amide bonds. The summed E-state index contributed by atoms with van der Waals surface area (Å²) in [7, 11) is 0.0816. The molecule has 2 atom stereocenters. The molecule has 24 heavy (non-hydrogen) atoms. The number of nitrogens with one attached hydrogen (secondary N) is 1. The lowest BCUT2D eigenvalue weighted by atomic mass is 10.1. The molecule has 0 radical (unpaired) electrons. The lowest BCUT2D eigenvalue weighted by molar-refractivity contribution is -0.0527. The smallest absolute Gasteiger partial charge is 0.242 e. The Bertz CT molecular complexity index is 685. The zero-order chi connectivity index (χ0) is 17.6. The van der Waals surface area contributed by atoms with Crippen LogP contribution in [0.2, 0.25) is 0 Å². The molecule has 0 saturated carbocycles. The molecule has 0 bridgehead atoms. The van der Waals surface area contributed by atoms with Crippen LogP contribution in [0.3, 0.4) is 0 Å². The van der Waals surface area contributed by atoms with Crippen molar-refractivity contribution >= 4 is 10.0 Å². The van der Waals surface area contributed by atoms with Crippen molar-refractivity contribution in [2.75, 3.05) is 40.5 Å². The van der Waals surface area contributed by atoms with Crippen molar-refractivity contribution in [3.05, 3.63) is 29.8 Å². The minimum Gasteiger partial charge on any atom is -0.380 e. The normalized spacial score (nSPS) is 21.6. The number of nitrogens with zero attached hydrogens (tertiary/aromatic N) is 2. The quantitative estimate of drug-likeness (QED) is 0.771. The highest BCUT2D eigenvalue weighted by atomic mass is 32.2. The Morgan fingerprint density at radius 1 is 1.42 bits per heavy atom. The number of ether oxygens (including phenoxy) is 2. The molecule has 1 fully saturated rings. The Balaban J connectivity index is 2.09. The molecule has 1 aliphatic heterocycles. The van der Waals surface area contributed by atoms with Gasteiger partial charge in [0, 0.05) is 13.2 Å². The van der Waals surface area contributed by atoms with Crippen LogP contribution in [0.4, 0.5) is 0 Å². The zero-order valence-electron chi connectivity index (χ0n) is 13.9. The number of likely N-dealkylation sites (N-methyl/N-ethyl adjacent to an activating group) is 1. The second-order valence-electron chi connectivity index (χ2n) is 5.91. The molecule has 1 aromatic carbocycles. The second-order valence-corrected chi connectivity index (χ2v) is 7.59. The third-order valence-electron chi connectivity index (χ3n) is 3.77. The average molecular weight is 353 g/mol. The maximum Gasteiger partial charge on any atom is 0.242 e. The van der Waals surface area contributed by atoms with Gasteiger partial charge in [0.1, 0.15) is 6.07 Å². The molecule has 1 aromatic rings. The van der Waals surface area contributed by atoms with Gasteiger partial charge in [0.15, 0.2) is 0 Å². The molecule has 1 heterocycles. The molecule has 1 N–H and O–H groups in total. The molecule has 0 aromatic heterocycles. The predicted octanol–water partition coefficient (Wildman–Crippen LogP) is 0.572. The fourth-order valence-electron chi connectivity index (χ4n) is 2.47. The van der Waals surface area contributed by atoms with E-state index in [0.29, 0.717) is 19.6 Å². The van der Waals surface area contributed by atoms with E-state index in [1.165, 1.54) is 12.1 Å². The van der Waals surface area contributed by atoms with Gasteiger partial charge in [0.25, 0.3) is 0 Å². The van der Waals surface area contributed by atoms with Crippen LogP contribution in [-0.4, -0.2) is 65.9 Å². The lowest BCUT2D eigenvalue weighted by Crippen LogP contribution is -2.50. The Morgan fingerprint density at radius 2 is 2.17 bits per heavy atom. The van der Waals surface area contributed by atoms with Gasteiger partial charge in [-0.25, -0.2) is 13.1 Å². The van der Waals surface area contributed by atoms with Gasteiger partial charge in [-0.3, -0.25) is 0 Å². The number of sulfonamides is 1. The molecule has 1 aliphatic rings. The van der Waals surface area contributed by atoms with E-state index in [1.807, 2.05) is 25.1 Å². The number of nitriles is 1. The molecule has 132 valence electrons. The first-order valence-electron chi connectivity index (χ1n) is 7.79. The van der Waals surface area contributed by atoms with Crippen LogP contribution >= 0.6 is 0 Å². The van der Waals surface area contributed by atoms with Crippen LogP contribution < -0.4 is 4.72 Å². The largest absolute Gasteiger partial charge is 0.380 e. The van der Waals surface area contributed by atoms with Gasteiger partial charge < -0.3 is 14.4 Å². The van der Waals surface area contributed by atoms with E-state index in [4.69, 9.17) is 14.7 Å². The summed E-state index contributed by atoms with van der Waals surface area (Å²) in [4.78, 5) is 1.98. The van der Waals surface area contributed by atoms with Crippen LogP contribution in [0.15, 0.2) is 29.2 Å². The van der Waals surface area contributed by atoms with Gasteiger partial charge in [0.05, 0.1) is 35.8 Å². The first-order valence-corrected chi connectivity index (χ1v) is 9.28. The van der Waals surface area contributed by atoms with E-state index in [0.717, 1.165) is 6.54 Å². The summed E-state index contributed by atoms with van der Waals surface area (Å²) in [5.74, 6) is 0. The van der Waals surface area contributed by atoms with Crippen molar-refractivity contribution in [1.29, 1.82) is 5.26 Å². The molecule has 0 spiro atoms. The van der Waals surface area contributed by atoms with Crippen molar-refractivity contribution in [2.45, 2.75) is 23.5 Å². The van der Waals surface area contributed by atoms with Crippen LogP contribution in [0.5, 0.6) is 0 Å². The maximum atomic E-state index is 12.6. The fourth-order valence-corrected chi connectivity index (χ4v) is 3.88. The van der Waals surface area contributed by atoms with E-state index < -0.39 is 16.1 Å². The summed E-state index contributed by atoms with van der Waals surface area (Å²) >= 11 is 0. The lowest BCUT2D eigenvalue weighted by Gasteiger charge is -2.32. The first kappa shape index (κ1) is 18.8. The second kappa shape index (κ2) is 8.55. The minimum atomic E-state index is -3.82. The number of benzene rings is 1. The van der Waals surface area contributed by atoms with Crippen molar-refractivity contribution in [3.63, 3.8) is 0 Å². The molecule has 0 unspecified atom stereocenters. The monoisotopic (exact) mass is 353 g/mol. The van der Waals surface area contributed by atoms with Gasteiger partial charge in [-0.1, -0.05) is 12.1 Å². The van der Waals surface area contributed by atoms with Crippen LogP contribution in [0.1, 0.15) is 12.0 Å².